The molecule has 3 heterocycles. The number of fused-ring (bicyclic) bond motifs is 1. The van der Waals surface area contributed by atoms with Gasteiger partial charge in [-0.2, -0.15) is 0 Å². The molecule has 1 aromatic carbocycles. The molecule has 1 aliphatic rings. The molecule has 2 atom stereocenters. The van der Waals surface area contributed by atoms with Crippen molar-refractivity contribution in [2.24, 2.45) is 0 Å². The van der Waals surface area contributed by atoms with E-state index in [2.05, 4.69) is 15.3 Å². The molecule has 3 aromatic rings. The third-order valence-electron chi connectivity index (χ3n) is 4.87. The molecule has 0 saturated heterocycles. The summed E-state index contributed by atoms with van der Waals surface area (Å²) in [6.45, 7) is 1.47. The summed E-state index contributed by atoms with van der Waals surface area (Å²) < 4.78 is 16.7. The van der Waals surface area contributed by atoms with Crippen molar-refractivity contribution in [3.63, 3.8) is 0 Å². The number of carbonyl (C=O) groups is 2. The maximum Gasteiger partial charge on any atom is 0.329 e. The normalized spacial score (nSPS) is 17.1. The van der Waals surface area contributed by atoms with Gasteiger partial charge in [-0.1, -0.05) is 18.2 Å². The molecule has 0 aliphatic carbocycles. The number of anilines is 1. The van der Waals surface area contributed by atoms with Gasteiger partial charge in [0.2, 0.25) is 5.89 Å². The maximum absolute atomic E-state index is 13.0. The molecule has 160 valence electrons. The Labute approximate surface area is 176 Å². The average Bonchev–Trinajstić information content (AvgIpc) is 3.38. The highest BCUT2D eigenvalue weighted by molar-refractivity contribution is 5.75. The van der Waals surface area contributed by atoms with Crippen LogP contribution in [0.5, 0.6) is 0 Å². The highest BCUT2D eigenvalue weighted by Crippen LogP contribution is 2.35. The summed E-state index contributed by atoms with van der Waals surface area (Å²) in [5, 5.41) is 2.98. The lowest BCUT2D eigenvalue weighted by atomic mass is 10.2. The standard InChI is InChI=1S/C21H20N4O6/c1-12(26)31-17-8-16(21(28)29-2)25-18(17)23-10-15(20(25)27)22-9-14-11-30-19(24-14)13-6-4-3-5-7-13/h3-7,10-11,16-17,22H,8-9H2,1-2H3/t16-,17?/m0/s1. The summed E-state index contributed by atoms with van der Waals surface area (Å²) in [7, 11) is 1.23. The van der Waals surface area contributed by atoms with Gasteiger partial charge in [-0.05, 0) is 12.1 Å². The third-order valence-corrected chi connectivity index (χ3v) is 4.87. The van der Waals surface area contributed by atoms with Gasteiger partial charge in [0.1, 0.15) is 18.0 Å². The van der Waals surface area contributed by atoms with Crippen LogP contribution in [0.2, 0.25) is 0 Å². The van der Waals surface area contributed by atoms with Gasteiger partial charge < -0.3 is 19.2 Å². The Morgan fingerprint density at radius 3 is 2.77 bits per heavy atom. The molecular weight excluding hydrogens is 404 g/mol. The number of esters is 2. The summed E-state index contributed by atoms with van der Waals surface area (Å²) in [5.74, 6) is -0.468. The van der Waals surface area contributed by atoms with Crippen LogP contribution < -0.4 is 10.9 Å². The SMILES string of the molecule is COC(=O)[C@@H]1CC(OC(C)=O)c2ncc(NCc3coc(-c4ccccc4)n3)c(=O)n21. The van der Waals surface area contributed by atoms with Crippen molar-refractivity contribution in [3.8, 4) is 11.5 Å². The average molecular weight is 424 g/mol. The zero-order valence-electron chi connectivity index (χ0n) is 16.9. The Morgan fingerprint density at radius 2 is 2.06 bits per heavy atom. The van der Waals surface area contributed by atoms with E-state index in [1.165, 1.54) is 31.1 Å². The third kappa shape index (κ3) is 4.04. The predicted molar refractivity (Wildman–Crippen MR) is 108 cm³/mol. The first kappa shape index (κ1) is 20.3. The summed E-state index contributed by atoms with van der Waals surface area (Å²) in [4.78, 5) is 45.3. The van der Waals surface area contributed by atoms with Crippen LogP contribution in [0, 0.1) is 0 Å². The summed E-state index contributed by atoms with van der Waals surface area (Å²) in [6.07, 6.45) is 2.14. The number of methoxy groups -OCH3 is 1. The number of hydrogen-bond acceptors (Lipinski definition) is 9. The molecular formula is C21H20N4O6. The molecule has 1 N–H and O–H groups in total. The van der Waals surface area contributed by atoms with Crippen LogP contribution in [0.15, 0.2) is 52.0 Å². The van der Waals surface area contributed by atoms with E-state index < -0.39 is 29.6 Å². The van der Waals surface area contributed by atoms with Crippen molar-refractivity contribution in [1.82, 2.24) is 14.5 Å². The van der Waals surface area contributed by atoms with Gasteiger partial charge in [-0.15, -0.1) is 0 Å². The molecule has 1 aliphatic heterocycles. The van der Waals surface area contributed by atoms with Crippen LogP contribution in [0.3, 0.4) is 0 Å². The highest BCUT2D eigenvalue weighted by Gasteiger charge is 2.40. The van der Waals surface area contributed by atoms with Gasteiger partial charge in [0.25, 0.3) is 5.56 Å². The topological polar surface area (TPSA) is 126 Å². The summed E-state index contributed by atoms with van der Waals surface area (Å²) in [5.41, 5.74) is 1.13. The molecule has 0 radical (unpaired) electrons. The molecule has 1 unspecified atom stereocenters. The fourth-order valence-corrected chi connectivity index (χ4v) is 3.48. The van der Waals surface area contributed by atoms with Crippen LogP contribution in [0.25, 0.3) is 11.5 Å². The Balaban J connectivity index is 1.57. The van der Waals surface area contributed by atoms with Crippen molar-refractivity contribution < 1.29 is 23.5 Å². The molecule has 2 aromatic heterocycles. The van der Waals surface area contributed by atoms with Crippen LogP contribution in [0.4, 0.5) is 5.69 Å². The Morgan fingerprint density at radius 1 is 1.29 bits per heavy atom. The van der Waals surface area contributed by atoms with E-state index in [4.69, 9.17) is 13.9 Å². The van der Waals surface area contributed by atoms with E-state index in [9.17, 15) is 14.4 Å². The van der Waals surface area contributed by atoms with Gasteiger partial charge in [0.05, 0.1) is 25.5 Å². The number of oxazole rings is 1. The predicted octanol–water partition coefficient (Wildman–Crippen LogP) is 2.23. The van der Waals surface area contributed by atoms with Crippen molar-refractivity contribution in [1.29, 1.82) is 0 Å². The van der Waals surface area contributed by atoms with Crippen molar-refractivity contribution >= 4 is 17.6 Å². The monoisotopic (exact) mass is 424 g/mol. The van der Waals surface area contributed by atoms with Gasteiger partial charge in [-0.3, -0.25) is 14.2 Å². The summed E-state index contributed by atoms with van der Waals surface area (Å²) in [6, 6.07) is 8.50. The van der Waals surface area contributed by atoms with Crippen molar-refractivity contribution in [2.45, 2.75) is 32.0 Å². The number of nitrogens with zero attached hydrogens (tertiary/aromatic N) is 3. The number of ether oxygens (including phenoxy) is 2. The first-order valence-electron chi connectivity index (χ1n) is 9.58. The molecule has 10 nitrogen and oxygen atoms in total. The second-order valence-electron chi connectivity index (χ2n) is 6.94. The molecule has 31 heavy (non-hydrogen) atoms. The van der Waals surface area contributed by atoms with E-state index in [1.54, 1.807) is 0 Å². The van der Waals surface area contributed by atoms with Crippen molar-refractivity contribution in [3.05, 3.63) is 64.7 Å². The molecule has 0 fully saturated rings. The first-order chi connectivity index (χ1) is 15.0. The Hall–Kier alpha value is -3.95. The second kappa shape index (κ2) is 8.42. The molecule has 4 rings (SSSR count). The zero-order chi connectivity index (χ0) is 22.0. The molecule has 0 bridgehead atoms. The molecule has 10 heteroatoms. The van der Waals surface area contributed by atoms with Crippen LogP contribution in [0.1, 0.15) is 37.0 Å². The minimum atomic E-state index is -0.928. The van der Waals surface area contributed by atoms with Crippen LogP contribution in [-0.4, -0.2) is 33.6 Å². The van der Waals surface area contributed by atoms with Crippen LogP contribution >= 0.6 is 0 Å². The molecule has 0 spiro atoms. The molecule has 0 saturated carbocycles. The lowest BCUT2D eigenvalue weighted by Gasteiger charge is -2.13. The number of nitrogens with one attached hydrogen (secondary N) is 1. The second-order valence-corrected chi connectivity index (χ2v) is 6.94. The van der Waals surface area contributed by atoms with E-state index in [1.807, 2.05) is 30.3 Å². The number of aromatic nitrogens is 3. The minimum absolute atomic E-state index is 0.0850. The van der Waals surface area contributed by atoms with E-state index in [-0.39, 0.29) is 24.5 Å². The Kier molecular flexibility index (Phi) is 5.52. The van der Waals surface area contributed by atoms with Gasteiger partial charge in [0, 0.05) is 18.9 Å². The largest absolute Gasteiger partial charge is 0.467 e. The Bertz CT molecular complexity index is 1170. The van der Waals surface area contributed by atoms with Gasteiger partial charge in [0.15, 0.2) is 11.9 Å². The number of hydrogen-bond donors (Lipinski definition) is 1. The van der Waals surface area contributed by atoms with E-state index >= 15 is 0 Å². The zero-order valence-corrected chi connectivity index (χ0v) is 16.9. The van der Waals surface area contributed by atoms with E-state index in [0.29, 0.717) is 11.6 Å². The highest BCUT2D eigenvalue weighted by atomic mass is 16.5. The fourth-order valence-electron chi connectivity index (χ4n) is 3.48. The summed E-state index contributed by atoms with van der Waals surface area (Å²) >= 11 is 0. The van der Waals surface area contributed by atoms with Crippen molar-refractivity contribution in [2.75, 3.05) is 12.4 Å². The lowest BCUT2D eigenvalue weighted by molar-refractivity contribution is -0.150. The lowest BCUT2D eigenvalue weighted by Crippen LogP contribution is -2.30. The maximum atomic E-state index is 13.0. The smallest absolute Gasteiger partial charge is 0.329 e. The van der Waals surface area contributed by atoms with Crippen LogP contribution in [-0.2, 0) is 25.6 Å². The number of benzene rings is 1. The molecule has 0 amide bonds. The van der Waals surface area contributed by atoms with Gasteiger partial charge >= 0.3 is 11.9 Å². The quantitative estimate of drug-likeness (QED) is 0.593. The van der Waals surface area contributed by atoms with Gasteiger partial charge in [-0.25, -0.2) is 14.8 Å². The van der Waals surface area contributed by atoms with E-state index in [0.717, 1.165) is 5.56 Å². The number of rotatable bonds is 6. The fraction of sp³-hybridized carbons (Fsp3) is 0.286. The minimum Gasteiger partial charge on any atom is -0.467 e. The number of carbonyl (C=O) groups excluding carboxylic acids is 2. The first-order valence-corrected chi connectivity index (χ1v) is 9.58.